The first-order valence-corrected chi connectivity index (χ1v) is 20.2. The van der Waals surface area contributed by atoms with Gasteiger partial charge in [-0.25, -0.2) is 0 Å². The van der Waals surface area contributed by atoms with Crippen LogP contribution < -0.4 is 31.9 Å². The Morgan fingerprint density at radius 3 is 1.00 bits per heavy atom. The minimum Gasteiger partial charge on any atom is -0.356 e. The number of nitrogens with zero attached hydrogens (tertiary/aromatic N) is 1. The zero-order chi connectivity index (χ0) is 40.3. The molecule has 308 valence electrons. The fraction of sp³-hybridized carbons (Fsp3) is 0.929. The molecule has 0 heterocycles. The van der Waals surface area contributed by atoms with Crippen molar-refractivity contribution in [1.82, 2.24) is 36.8 Å². The molecule has 0 radical (unpaired) electrons. The maximum atomic E-state index is 12.8. The van der Waals surface area contributed by atoms with Crippen LogP contribution in [0, 0.1) is 32.5 Å². The van der Waals surface area contributed by atoms with Crippen LogP contribution in [0.1, 0.15) is 142 Å². The third kappa shape index (κ3) is 31.7. The van der Waals surface area contributed by atoms with Crippen LogP contribution in [0.15, 0.2) is 0 Å². The lowest BCUT2D eigenvalue weighted by Crippen LogP contribution is -2.42. The summed E-state index contributed by atoms with van der Waals surface area (Å²) in [5.41, 5.74) is 0.832. The third-order valence-corrected chi connectivity index (χ3v) is 8.72. The second-order valence-corrected chi connectivity index (χ2v) is 21.4. The summed E-state index contributed by atoms with van der Waals surface area (Å²) in [6, 6.07) is 0. The van der Waals surface area contributed by atoms with Crippen LogP contribution in [0.25, 0.3) is 0 Å². The molecule has 0 rings (SSSR count). The van der Waals surface area contributed by atoms with Gasteiger partial charge in [-0.1, -0.05) is 104 Å². The van der Waals surface area contributed by atoms with E-state index in [-0.39, 0.29) is 50.2 Å². The molecule has 10 heteroatoms. The second-order valence-electron chi connectivity index (χ2n) is 21.4. The lowest BCUT2D eigenvalue weighted by Gasteiger charge is -2.32. The van der Waals surface area contributed by atoms with Crippen LogP contribution in [0.5, 0.6) is 0 Å². The molecule has 0 aliphatic carbocycles. The molecule has 52 heavy (non-hydrogen) atoms. The molecule has 3 amide bonds. The highest BCUT2D eigenvalue weighted by Crippen LogP contribution is 2.34. The highest BCUT2D eigenvalue weighted by Gasteiger charge is 2.28. The van der Waals surface area contributed by atoms with Crippen LogP contribution in [-0.2, 0) is 14.4 Å². The Bertz CT molecular complexity index is 1020. The van der Waals surface area contributed by atoms with E-state index in [1.165, 1.54) is 0 Å². The summed E-state index contributed by atoms with van der Waals surface area (Å²) < 4.78 is 0. The lowest BCUT2D eigenvalue weighted by atomic mass is 9.76. The molecule has 0 aliphatic rings. The van der Waals surface area contributed by atoms with Crippen LogP contribution in [0.2, 0.25) is 0 Å². The molecule has 10 nitrogen and oxygen atoms in total. The Morgan fingerprint density at radius 2 is 0.673 bits per heavy atom. The minimum atomic E-state index is 0.0386. The second kappa shape index (κ2) is 23.2. The predicted molar refractivity (Wildman–Crippen MR) is 221 cm³/mol. The van der Waals surface area contributed by atoms with Crippen molar-refractivity contribution in [2.24, 2.45) is 32.5 Å². The highest BCUT2D eigenvalue weighted by molar-refractivity contribution is 5.76. The van der Waals surface area contributed by atoms with E-state index < -0.39 is 0 Å². The van der Waals surface area contributed by atoms with Crippen LogP contribution >= 0.6 is 0 Å². The Balaban J connectivity index is 4.66. The lowest BCUT2D eigenvalue weighted by molar-refractivity contribution is -0.122. The van der Waals surface area contributed by atoms with Crippen molar-refractivity contribution in [1.29, 1.82) is 0 Å². The van der Waals surface area contributed by atoms with Crippen molar-refractivity contribution in [2.45, 2.75) is 142 Å². The average Bonchev–Trinajstić information content (AvgIpc) is 2.94. The number of carbonyl (C=O) groups is 3. The molecule has 0 aromatic rings. The summed E-state index contributed by atoms with van der Waals surface area (Å²) in [4.78, 5) is 40.0. The van der Waals surface area contributed by atoms with Gasteiger partial charge < -0.3 is 36.8 Å². The molecule has 0 spiro atoms. The quantitative estimate of drug-likeness (QED) is 0.0575. The summed E-state index contributed by atoms with van der Waals surface area (Å²) >= 11 is 0. The van der Waals surface area contributed by atoms with Gasteiger partial charge in [0.1, 0.15) is 0 Å². The van der Waals surface area contributed by atoms with Gasteiger partial charge >= 0.3 is 0 Å². The van der Waals surface area contributed by atoms with Gasteiger partial charge in [0.15, 0.2) is 0 Å². The van der Waals surface area contributed by atoms with E-state index in [1.807, 2.05) is 0 Å². The van der Waals surface area contributed by atoms with E-state index in [9.17, 15) is 14.4 Å². The van der Waals surface area contributed by atoms with E-state index in [4.69, 9.17) is 0 Å². The fourth-order valence-corrected chi connectivity index (χ4v) is 7.80. The number of carbonyl (C=O) groups excluding carboxylic acids is 3. The van der Waals surface area contributed by atoms with Crippen molar-refractivity contribution < 1.29 is 14.4 Å². The molecule has 0 fully saturated rings. The van der Waals surface area contributed by atoms with Crippen LogP contribution in [-0.4, -0.2) is 101 Å². The molecule has 0 bridgehead atoms. The maximum absolute atomic E-state index is 12.8. The van der Waals surface area contributed by atoms with Gasteiger partial charge in [-0.3, -0.25) is 14.4 Å². The van der Waals surface area contributed by atoms with E-state index in [0.29, 0.717) is 58.5 Å². The zero-order valence-corrected chi connectivity index (χ0v) is 36.9. The molecular formula is C42H87N7O3. The van der Waals surface area contributed by atoms with Gasteiger partial charge in [0.05, 0.1) is 0 Å². The van der Waals surface area contributed by atoms with Crippen molar-refractivity contribution in [3.8, 4) is 0 Å². The summed E-state index contributed by atoms with van der Waals surface area (Å²) in [5, 5.41) is 19.7. The first-order valence-electron chi connectivity index (χ1n) is 20.2. The fourth-order valence-electron chi connectivity index (χ4n) is 7.80. The monoisotopic (exact) mass is 738 g/mol. The molecule has 0 saturated carbocycles. The zero-order valence-electron chi connectivity index (χ0n) is 36.9. The number of nitrogens with one attached hydrogen (secondary N) is 6. The standard InChI is InChI=1S/C42H87N7O3/c1-37(2,3)28-40(10,11)31-46-34(50)16-19-43-21-22-45-24-27-49(25-18-36(52)48-33-42(14,15)30-39(7,8)9)26-23-44-20-17-35(51)47-32-41(12,13)29-38(4,5)6/h43-45H,16-33H2,1-15H3,(H,46,50)(H,47,51)(H,48,52). The maximum Gasteiger partial charge on any atom is 0.221 e. The molecule has 0 aliphatic heterocycles. The topological polar surface area (TPSA) is 127 Å². The summed E-state index contributed by atoms with van der Waals surface area (Å²) in [6.07, 6.45) is 4.51. The molecule has 0 unspecified atom stereocenters. The van der Waals surface area contributed by atoms with Crippen molar-refractivity contribution in [3.05, 3.63) is 0 Å². The Labute approximate surface area is 321 Å². The first-order chi connectivity index (χ1) is 23.6. The van der Waals surface area contributed by atoms with Gasteiger partial charge in [-0.05, 0) is 51.8 Å². The number of hydrogen-bond acceptors (Lipinski definition) is 7. The molecule has 0 aromatic heterocycles. The number of rotatable bonds is 27. The van der Waals surface area contributed by atoms with Crippen LogP contribution in [0.3, 0.4) is 0 Å². The average molecular weight is 738 g/mol. The summed E-state index contributed by atoms with van der Waals surface area (Å²) in [6.45, 7) is 42.2. The van der Waals surface area contributed by atoms with Gasteiger partial charge in [0, 0.05) is 97.8 Å². The smallest absolute Gasteiger partial charge is 0.221 e. The van der Waals surface area contributed by atoms with E-state index in [2.05, 4.69) is 141 Å². The van der Waals surface area contributed by atoms with Gasteiger partial charge in [0.25, 0.3) is 0 Å². The predicted octanol–water partition coefficient (Wildman–Crippen LogP) is 5.96. The van der Waals surface area contributed by atoms with Crippen molar-refractivity contribution in [2.75, 3.05) is 78.5 Å². The van der Waals surface area contributed by atoms with Gasteiger partial charge in [-0.15, -0.1) is 0 Å². The van der Waals surface area contributed by atoms with E-state index in [0.717, 1.165) is 58.5 Å². The molecule has 0 atom stereocenters. The molecule has 6 N–H and O–H groups in total. The third-order valence-electron chi connectivity index (χ3n) is 8.72. The van der Waals surface area contributed by atoms with E-state index >= 15 is 0 Å². The van der Waals surface area contributed by atoms with Gasteiger partial charge in [-0.2, -0.15) is 0 Å². The van der Waals surface area contributed by atoms with Crippen molar-refractivity contribution in [3.63, 3.8) is 0 Å². The Kier molecular flexibility index (Phi) is 22.5. The SMILES string of the molecule is CC(C)(C)CC(C)(C)CNC(=O)CCNCCNCCN(CCNCCC(=O)NCC(C)(C)CC(C)(C)C)CCC(=O)NCC(C)(C)CC(C)(C)C. The van der Waals surface area contributed by atoms with Crippen LogP contribution in [0.4, 0.5) is 0 Å². The van der Waals surface area contributed by atoms with Gasteiger partial charge in [0.2, 0.25) is 17.7 Å². The number of amides is 3. The molecule has 0 aromatic carbocycles. The summed E-state index contributed by atoms with van der Waals surface area (Å²) in [7, 11) is 0. The highest BCUT2D eigenvalue weighted by atomic mass is 16.2. The Morgan fingerprint density at radius 1 is 0.385 bits per heavy atom. The number of hydrogen-bond donors (Lipinski definition) is 6. The molecular weight excluding hydrogens is 651 g/mol. The Hall–Kier alpha value is -1.75. The normalized spacial score (nSPS) is 13.4. The first kappa shape index (κ1) is 50.2. The van der Waals surface area contributed by atoms with E-state index in [1.54, 1.807) is 0 Å². The summed E-state index contributed by atoms with van der Waals surface area (Å²) in [5.74, 6) is 0.259. The largest absolute Gasteiger partial charge is 0.356 e. The minimum absolute atomic E-state index is 0.0386. The van der Waals surface area contributed by atoms with Crippen molar-refractivity contribution >= 4 is 17.7 Å². The molecule has 0 saturated heterocycles.